The molecule has 1 heterocycles. The topological polar surface area (TPSA) is 24.5 Å². The maximum absolute atomic E-state index is 5.77. The highest BCUT2D eigenvalue weighted by Gasteiger charge is 2.25. The fourth-order valence-corrected chi connectivity index (χ4v) is 2.76. The third kappa shape index (κ3) is 3.31. The second-order valence-electron chi connectivity index (χ2n) is 4.88. The van der Waals surface area contributed by atoms with Crippen LogP contribution in [0.15, 0.2) is 30.3 Å². The lowest BCUT2D eigenvalue weighted by Crippen LogP contribution is -2.47. The number of nitrogens with one attached hydrogen (secondary N) is 1. The van der Waals surface area contributed by atoms with Crippen molar-refractivity contribution in [3.05, 3.63) is 35.9 Å². The summed E-state index contributed by atoms with van der Waals surface area (Å²) in [5, 5.41) is 3.20. The van der Waals surface area contributed by atoms with E-state index >= 15 is 0 Å². The van der Waals surface area contributed by atoms with Gasteiger partial charge < -0.3 is 10.1 Å². The number of hydrogen-bond acceptors (Lipinski definition) is 3. The van der Waals surface area contributed by atoms with Crippen LogP contribution in [-0.4, -0.2) is 44.3 Å². The van der Waals surface area contributed by atoms with Crippen molar-refractivity contribution in [1.82, 2.24) is 10.2 Å². The summed E-state index contributed by atoms with van der Waals surface area (Å²) in [6.07, 6.45) is 1.47. The summed E-state index contributed by atoms with van der Waals surface area (Å²) in [6, 6.07) is 11.3. The Hall–Kier alpha value is -0.900. The highest BCUT2D eigenvalue weighted by atomic mass is 16.5. The van der Waals surface area contributed by atoms with Gasteiger partial charge >= 0.3 is 0 Å². The van der Waals surface area contributed by atoms with Gasteiger partial charge in [0.2, 0.25) is 0 Å². The van der Waals surface area contributed by atoms with E-state index < -0.39 is 0 Å². The Morgan fingerprint density at radius 2 is 2.17 bits per heavy atom. The number of ether oxygens (including phenoxy) is 1. The van der Waals surface area contributed by atoms with Crippen molar-refractivity contribution in [3.8, 4) is 0 Å². The maximum Gasteiger partial charge on any atom is 0.0826 e. The van der Waals surface area contributed by atoms with Gasteiger partial charge in [-0.3, -0.25) is 4.90 Å². The van der Waals surface area contributed by atoms with Crippen molar-refractivity contribution >= 4 is 0 Å². The van der Waals surface area contributed by atoms with Crippen LogP contribution in [0.4, 0.5) is 0 Å². The first-order valence-corrected chi connectivity index (χ1v) is 6.90. The molecule has 1 N–H and O–H groups in total. The molecule has 0 saturated carbocycles. The second kappa shape index (κ2) is 6.88. The molecule has 1 aromatic carbocycles. The van der Waals surface area contributed by atoms with Gasteiger partial charge in [0, 0.05) is 25.7 Å². The molecule has 2 rings (SSSR count). The fraction of sp³-hybridized carbons (Fsp3) is 0.600. The van der Waals surface area contributed by atoms with Gasteiger partial charge in [0.15, 0.2) is 0 Å². The SMILES string of the molecule is CCC(c1ccccc1)N1CCOC(CNC)C1. The zero-order valence-electron chi connectivity index (χ0n) is 11.4. The Labute approximate surface area is 110 Å². The molecule has 0 spiro atoms. The molecule has 2 unspecified atom stereocenters. The average molecular weight is 248 g/mol. The van der Waals surface area contributed by atoms with Gasteiger partial charge in [-0.15, -0.1) is 0 Å². The van der Waals surface area contributed by atoms with Crippen LogP contribution in [0.1, 0.15) is 24.9 Å². The minimum Gasteiger partial charge on any atom is -0.374 e. The van der Waals surface area contributed by atoms with Crippen molar-refractivity contribution in [2.24, 2.45) is 0 Å². The lowest BCUT2D eigenvalue weighted by molar-refractivity contribution is -0.0423. The van der Waals surface area contributed by atoms with Crippen LogP contribution in [0, 0.1) is 0 Å². The van der Waals surface area contributed by atoms with E-state index in [1.54, 1.807) is 0 Å². The summed E-state index contributed by atoms with van der Waals surface area (Å²) >= 11 is 0. The van der Waals surface area contributed by atoms with Crippen molar-refractivity contribution in [1.29, 1.82) is 0 Å². The molecule has 100 valence electrons. The van der Waals surface area contributed by atoms with Crippen LogP contribution >= 0.6 is 0 Å². The van der Waals surface area contributed by atoms with E-state index in [1.165, 1.54) is 5.56 Å². The highest BCUT2D eigenvalue weighted by Crippen LogP contribution is 2.25. The van der Waals surface area contributed by atoms with Crippen molar-refractivity contribution in [2.75, 3.05) is 33.3 Å². The number of morpholine rings is 1. The summed E-state index contributed by atoms with van der Waals surface area (Å²) in [5.41, 5.74) is 1.42. The lowest BCUT2D eigenvalue weighted by Gasteiger charge is -2.38. The van der Waals surface area contributed by atoms with E-state index in [-0.39, 0.29) is 0 Å². The molecule has 0 radical (unpaired) electrons. The highest BCUT2D eigenvalue weighted by molar-refractivity contribution is 5.19. The Kier molecular flexibility index (Phi) is 5.17. The maximum atomic E-state index is 5.77. The van der Waals surface area contributed by atoms with Crippen molar-refractivity contribution in [3.63, 3.8) is 0 Å². The first-order valence-electron chi connectivity index (χ1n) is 6.90. The largest absolute Gasteiger partial charge is 0.374 e. The van der Waals surface area contributed by atoms with Crippen molar-refractivity contribution < 1.29 is 4.74 Å². The van der Waals surface area contributed by atoms with Crippen LogP contribution < -0.4 is 5.32 Å². The first kappa shape index (κ1) is 13.5. The van der Waals surface area contributed by atoms with Crippen LogP contribution in [0.2, 0.25) is 0 Å². The van der Waals surface area contributed by atoms with E-state index in [0.29, 0.717) is 12.1 Å². The molecule has 0 aromatic heterocycles. The molecule has 1 saturated heterocycles. The van der Waals surface area contributed by atoms with E-state index in [2.05, 4.69) is 47.5 Å². The van der Waals surface area contributed by atoms with Gasteiger partial charge in [-0.25, -0.2) is 0 Å². The van der Waals surface area contributed by atoms with Gasteiger partial charge in [0.05, 0.1) is 12.7 Å². The Morgan fingerprint density at radius 1 is 1.39 bits per heavy atom. The predicted molar refractivity (Wildman–Crippen MR) is 74.7 cm³/mol. The van der Waals surface area contributed by atoms with Crippen LogP contribution in [0.3, 0.4) is 0 Å². The van der Waals surface area contributed by atoms with Crippen molar-refractivity contribution in [2.45, 2.75) is 25.5 Å². The molecule has 1 aliphatic heterocycles. The summed E-state index contributed by atoms with van der Waals surface area (Å²) in [7, 11) is 1.98. The average Bonchev–Trinajstić information content (AvgIpc) is 2.42. The molecule has 0 aliphatic carbocycles. The summed E-state index contributed by atoms with van der Waals surface area (Å²) in [4.78, 5) is 2.56. The van der Waals surface area contributed by atoms with Crippen LogP contribution in [0.5, 0.6) is 0 Å². The third-order valence-electron chi connectivity index (χ3n) is 3.61. The number of hydrogen-bond donors (Lipinski definition) is 1. The van der Waals surface area contributed by atoms with Crippen LogP contribution in [-0.2, 0) is 4.74 Å². The number of rotatable bonds is 5. The van der Waals surface area contributed by atoms with E-state index in [0.717, 1.165) is 32.7 Å². The minimum atomic E-state index is 0.321. The molecule has 0 amide bonds. The number of nitrogens with zero attached hydrogens (tertiary/aromatic N) is 1. The summed E-state index contributed by atoms with van der Waals surface area (Å²) in [5.74, 6) is 0. The molecule has 1 aromatic rings. The Balaban J connectivity index is 2.03. The monoisotopic (exact) mass is 248 g/mol. The zero-order valence-corrected chi connectivity index (χ0v) is 11.4. The summed E-state index contributed by atoms with van der Waals surface area (Å²) < 4.78 is 5.77. The Morgan fingerprint density at radius 3 is 2.83 bits per heavy atom. The molecule has 0 bridgehead atoms. The number of likely N-dealkylation sites (N-methyl/N-ethyl adjacent to an activating group) is 1. The van der Waals surface area contributed by atoms with E-state index in [4.69, 9.17) is 4.74 Å². The lowest BCUT2D eigenvalue weighted by atomic mass is 10.0. The normalized spacial score (nSPS) is 22.9. The van der Waals surface area contributed by atoms with Gasteiger partial charge in [0.1, 0.15) is 0 Å². The third-order valence-corrected chi connectivity index (χ3v) is 3.61. The Bertz CT molecular complexity index is 340. The molecule has 1 aliphatic rings. The molecule has 2 atom stereocenters. The van der Waals surface area contributed by atoms with Crippen LogP contribution in [0.25, 0.3) is 0 Å². The quantitative estimate of drug-likeness (QED) is 0.863. The molecule has 3 heteroatoms. The molecule has 3 nitrogen and oxygen atoms in total. The van der Waals surface area contributed by atoms with E-state index in [9.17, 15) is 0 Å². The van der Waals surface area contributed by atoms with Gasteiger partial charge in [-0.05, 0) is 19.0 Å². The minimum absolute atomic E-state index is 0.321. The zero-order chi connectivity index (χ0) is 12.8. The molecular formula is C15H24N2O. The molecule has 18 heavy (non-hydrogen) atoms. The standard InChI is InChI=1S/C15H24N2O/c1-3-15(13-7-5-4-6-8-13)17-9-10-18-14(12-17)11-16-2/h4-8,14-16H,3,9-12H2,1-2H3. The van der Waals surface area contributed by atoms with Gasteiger partial charge in [0.25, 0.3) is 0 Å². The second-order valence-corrected chi connectivity index (χ2v) is 4.88. The fourth-order valence-electron chi connectivity index (χ4n) is 2.76. The van der Waals surface area contributed by atoms with Gasteiger partial charge in [-0.2, -0.15) is 0 Å². The number of benzene rings is 1. The summed E-state index contributed by atoms with van der Waals surface area (Å²) in [6.45, 7) is 6.10. The predicted octanol–water partition coefficient (Wildman–Crippen LogP) is 2.06. The van der Waals surface area contributed by atoms with Gasteiger partial charge in [-0.1, -0.05) is 37.3 Å². The smallest absolute Gasteiger partial charge is 0.0826 e. The van der Waals surface area contributed by atoms with E-state index in [1.807, 2.05) is 7.05 Å². The first-order chi connectivity index (χ1) is 8.85. The molecular weight excluding hydrogens is 224 g/mol. The molecule has 1 fully saturated rings.